The van der Waals surface area contributed by atoms with Gasteiger partial charge in [0.1, 0.15) is 5.82 Å². The smallest absolute Gasteiger partial charge is 0.244 e. The van der Waals surface area contributed by atoms with E-state index in [2.05, 4.69) is 33.9 Å². The maximum Gasteiger partial charge on any atom is 0.244 e. The minimum absolute atomic E-state index is 0.681. The van der Waals surface area contributed by atoms with Gasteiger partial charge in [-0.15, -0.1) is 5.10 Å². The summed E-state index contributed by atoms with van der Waals surface area (Å²) >= 11 is 0. The van der Waals surface area contributed by atoms with Crippen LogP contribution < -0.4 is 10.6 Å². The molecule has 1 saturated heterocycles. The molecule has 0 saturated carbocycles. The van der Waals surface area contributed by atoms with Crippen molar-refractivity contribution < 1.29 is 0 Å². The fourth-order valence-corrected chi connectivity index (χ4v) is 2.33. The van der Waals surface area contributed by atoms with E-state index < -0.39 is 0 Å². The number of piperidine rings is 1. The van der Waals surface area contributed by atoms with Crippen molar-refractivity contribution in [2.75, 3.05) is 24.5 Å². The molecule has 0 aliphatic carbocycles. The summed E-state index contributed by atoms with van der Waals surface area (Å²) in [7, 11) is 0. The summed E-state index contributed by atoms with van der Waals surface area (Å²) in [5.41, 5.74) is 5.70. The van der Waals surface area contributed by atoms with Gasteiger partial charge < -0.3 is 10.6 Å². The molecule has 0 atom stereocenters. The van der Waals surface area contributed by atoms with Crippen LogP contribution in [0.1, 0.15) is 38.9 Å². The molecule has 0 radical (unpaired) electrons. The molecule has 18 heavy (non-hydrogen) atoms. The average molecular weight is 251 g/mol. The fraction of sp³-hybridized carbons (Fsp3) is 0.846. The minimum Gasteiger partial charge on any atom is -0.340 e. The minimum atomic E-state index is 0.681. The molecular formula is C13H25N5. The van der Waals surface area contributed by atoms with Crippen molar-refractivity contribution in [3.05, 3.63) is 5.82 Å². The van der Waals surface area contributed by atoms with E-state index >= 15 is 0 Å². The van der Waals surface area contributed by atoms with Crippen LogP contribution in [0.5, 0.6) is 0 Å². The molecule has 5 heteroatoms. The zero-order chi connectivity index (χ0) is 13.0. The largest absolute Gasteiger partial charge is 0.340 e. The Morgan fingerprint density at radius 1 is 1.39 bits per heavy atom. The van der Waals surface area contributed by atoms with Gasteiger partial charge in [-0.1, -0.05) is 13.8 Å². The maximum absolute atomic E-state index is 5.70. The number of H-pyrrole nitrogens is 1. The van der Waals surface area contributed by atoms with Gasteiger partial charge in [0, 0.05) is 19.5 Å². The second-order valence-electron chi connectivity index (χ2n) is 5.68. The Bertz CT molecular complexity index is 352. The summed E-state index contributed by atoms with van der Waals surface area (Å²) < 4.78 is 0. The molecule has 102 valence electrons. The number of aryl methyl sites for hydroxylation is 1. The molecule has 1 aromatic rings. The zero-order valence-corrected chi connectivity index (χ0v) is 11.5. The maximum atomic E-state index is 5.70. The van der Waals surface area contributed by atoms with Crippen LogP contribution in [0.25, 0.3) is 0 Å². The summed E-state index contributed by atoms with van der Waals surface area (Å²) in [6, 6.07) is 0. The normalized spacial score (nSPS) is 17.7. The van der Waals surface area contributed by atoms with Crippen LogP contribution in [0.4, 0.5) is 5.95 Å². The molecule has 1 aliphatic rings. The number of aromatic nitrogens is 3. The first-order chi connectivity index (χ1) is 8.69. The monoisotopic (exact) mass is 251 g/mol. The predicted molar refractivity (Wildman–Crippen MR) is 73.5 cm³/mol. The summed E-state index contributed by atoms with van der Waals surface area (Å²) in [5.74, 6) is 3.27. The molecule has 1 fully saturated rings. The molecule has 0 spiro atoms. The van der Waals surface area contributed by atoms with Gasteiger partial charge in [0.05, 0.1) is 0 Å². The molecule has 2 rings (SSSR count). The van der Waals surface area contributed by atoms with E-state index in [9.17, 15) is 0 Å². The molecule has 3 N–H and O–H groups in total. The molecule has 0 bridgehead atoms. The highest BCUT2D eigenvalue weighted by Gasteiger charge is 2.20. The van der Waals surface area contributed by atoms with E-state index in [4.69, 9.17) is 5.73 Å². The Balaban J connectivity index is 1.86. The second kappa shape index (κ2) is 6.18. The van der Waals surface area contributed by atoms with Crippen molar-refractivity contribution in [3.8, 4) is 0 Å². The van der Waals surface area contributed by atoms with Gasteiger partial charge in [0.25, 0.3) is 0 Å². The van der Waals surface area contributed by atoms with Crippen molar-refractivity contribution in [2.24, 2.45) is 17.6 Å². The first-order valence-electron chi connectivity index (χ1n) is 7.05. The highest BCUT2D eigenvalue weighted by molar-refractivity contribution is 5.29. The van der Waals surface area contributed by atoms with E-state index in [1.807, 2.05) is 0 Å². The van der Waals surface area contributed by atoms with Crippen molar-refractivity contribution in [3.63, 3.8) is 0 Å². The van der Waals surface area contributed by atoms with Gasteiger partial charge in [-0.2, -0.15) is 4.98 Å². The Morgan fingerprint density at radius 2 is 2.11 bits per heavy atom. The van der Waals surface area contributed by atoms with E-state index in [0.717, 1.165) is 57.1 Å². The van der Waals surface area contributed by atoms with Crippen LogP contribution >= 0.6 is 0 Å². The highest BCUT2D eigenvalue weighted by Crippen LogP contribution is 2.19. The van der Waals surface area contributed by atoms with Gasteiger partial charge in [-0.25, -0.2) is 0 Å². The van der Waals surface area contributed by atoms with Crippen molar-refractivity contribution >= 4 is 5.95 Å². The Kier molecular flexibility index (Phi) is 4.58. The fourth-order valence-electron chi connectivity index (χ4n) is 2.33. The summed E-state index contributed by atoms with van der Waals surface area (Å²) in [5, 5.41) is 7.38. The lowest BCUT2D eigenvalue weighted by Crippen LogP contribution is -2.36. The van der Waals surface area contributed by atoms with Crippen LogP contribution in [-0.2, 0) is 6.42 Å². The lowest BCUT2D eigenvalue weighted by molar-refractivity contribution is 0.411. The van der Waals surface area contributed by atoms with Crippen molar-refractivity contribution in [2.45, 2.75) is 39.5 Å². The second-order valence-corrected chi connectivity index (χ2v) is 5.68. The van der Waals surface area contributed by atoms with Gasteiger partial charge >= 0.3 is 0 Å². The third-order valence-corrected chi connectivity index (χ3v) is 3.71. The Morgan fingerprint density at radius 3 is 2.72 bits per heavy atom. The van der Waals surface area contributed by atoms with Gasteiger partial charge in [0.15, 0.2) is 0 Å². The zero-order valence-electron chi connectivity index (χ0n) is 11.5. The summed E-state index contributed by atoms with van der Waals surface area (Å²) in [6.07, 6.45) is 4.46. The third kappa shape index (κ3) is 3.45. The topological polar surface area (TPSA) is 70.8 Å². The number of nitrogens with one attached hydrogen (secondary N) is 1. The quantitative estimate of drug-likeness (QED) is 0.833. The Hall–Kier alpha value is -1.10. The van der Waals surface area contributed by atoms with E-state index in [-0.39, 0.29) is 0 Å². The third-order valence-electron chi connectivity index (χ3n) is 3.71. The van der Waals surface area contributed by atoms with Gasteiger partial charge in [-0.3, -0.25) is 5.10 Å². The molecule has 0 aromatic carbocycles. The number of nitrogens with zero attached hydrogens (tertiary/aromatic N) is 3. The average Bonchev–Trinajstić information content (AvgIpc) is 2.85. The van der Waals surface area contributed by atoms with E-state index in [1.165, 1.54) is 0 Å². The van der Waals surface area contributed by atoms with Gasteiger partial charge in [0.2, 0.25) is 5.95 Å². The highest BCUT2D eigenvalue weighted by atomic mass is 15.4. The van der Waals surface area contributed by atoms with Crippen LogP contribution in [-0.4, -0.2) is 34.8 Å². The number of hydrogen-bond acceptors (Lipinski definition) is 4. The lowest BCUT2D eigenvalue weighted by atomic mass is 9.97. The summed E-state index contributed by atoms with van der Waals surface area (Å²) in [6.45, 7) is 7.33. The first-order valence-corrected chi connectivity index (χ1v) is 7.05. The first kappa shape index (κ1) is 13.3. The molecule has 5 nitrogen and oxygen atoms in total. The van der Waals surface area contributed by atoms with Crippen LogP contribution in [0.2, 0.25) is 0 Å². The molecule has 0 unspecified atom stereocenters. The Labute approximate surface area is 109 Å². The number of aromatic amines is 1. The standard InChI is InChI=1S/C13H25N5/c1-10(2)3-4-12-15-13(17-16-12)18-7-5-11(9-14)6-8-18/h10-11H,3-9,14H2,1-2H3,(H,15,16,17). The van der Waals surface area contributed by atoms with Gasteiger partial charge in [-0.05, 0) is 37.6 Å². The van der Waals surface area contributed by atoms with E-state index in [0.29, 0.717) is 11.8 Å². The van der Waals surface area contributed by atoms with Crippen molar-refractivity contribution in [1.82, 2.24) is 15.2 Å². The number of hydrogen-bond donors (Lipinski definition) is 2. The van der Waals surface area contributed by atoms with Crippen LogP contribution in [0, 0.1) is 11.8 Å². The molecular weight excluding hydrogens is 226 g/mol. The molecule has 2 heterocycles. The molecule has 1 aromatic heterocycles. The van der Waals surface area contributed by atoms with E-state index in [1.54, 1.807) is 0 Å². The number of anilines is 1. The van der Waals surface area contributed by atoms with Crippen LogP contribution in [0.3, 0.4) is 0 Å². The van der Waals surface area contributed by atoms with Crippen LogP contribution in [0.15, 0.2) is 0 Å². The number of rotatable bonds is 5. The predicted octanol–water partition coefficient (Wildman–Crippen LogP) is 1.57. The molecule has 1 aliphatic heterocycles. The number of nitrogens with two attached hydrogens (primary N) is 1. The molecule has 0 amide bonds. The SMILES string of the molecule is CC(C)CCc1nc(N2CCC(CN)CC2)n[nH]1. The van der Waals surface area contributed by atoms with Crippen molar-refractivity contribution in [1.29, 1.82) is 0 Å². The lowest BCUT2D eigenvalue weighted by Gasteiger charge is -2.30. The summed E-state index contributed by atoms with van der Waals surface area (Å²) in [4.78, 5) is 6.85.